The molecule has 2 aromatic rings. The molecule has 0 unspecified atom stereocenters. The Hall–Kier alpha value is -2.60. The lowest BCUT2D eigenvalue weighted by atomic mass is 10.0. The van der Waals surface area contributed by atoms with Crippen molar-refractivity contribution in [3.8, 4) is 0 Å². The number of likely N-dealkylation sites (tertiary alicyclic amines) is 1. The van der Waals surface area contributed by atoms with Gasteiger partial charge in [-0.2, -0.15) is 0 Å². The molecule has 1 amide bonds. The molecule has 6 nitrogen and oxygen atoms in total. The number of rotatable bonds is 5. The van der Waals surface area contributed by atoms with Crippen LogP contribution >= 0.6 is 0 Å². The molecule has 0 spiro atoms. The highest BCUT2D eigenvalue weighted by Gasteiger charge is 2.23. The van der Waals surface area contributed by atoms with Gasteiger partial charge in [0.2, 0.25) is 5.76 Å². The maximum atomic E-state index is 12.2. The number of esters is 1. The number of nitrogens with zero attached hydrogens (tertiary/aromatic N) is 1. The minimum absolute atomic E-state index is 0.0261. The molecule has 1 saturated heterocycles. The first-order chi connectivity index (χ1) is 12.2. The topological polar surface area (TPSA) is 71.8 Å². The Balaban J connectivity index is 1.50. The Labute approximate surface area is 146 Å². The third-order valence-corrected chi connectivity index (χ3v) is 4.47. The monoisotopic (exact) mass is 342 g/mol. The molecule has 0 radical (unpaired) electrons. The van der Waals surface area contributed by atoms with Gasteiger partial charge in [0.15, 0.2) is 0 Å². The van der Waals surface area contributed by atoms with Gasteiger partial charge in [-0.05, 0) is 31.0 Å². The van der Waals surface area contributed by atoms with Crippen LogP contribution in [0, 0.1) is 0 Å². The molecule has 1 fully saturated rings. The molecule has 25 heavy (non-hydrogen) atoms. The van der Waals surface area contributed by atoms with Crippen molar-refractivity contribution in [3.05, 3.63) is 59.5 Å². The van der Waals surface area contributed by atoms with Gasteiger partial charge in [0, 0.05) is 36.8 Å². The van der Waals surface area contributed by atoms with Gasteiger partial charge < -0.3 is 14.5 Å². The number of carbonyl (C=O) groups excluding carboxylic acids is 2. The molecule has 1 aliphatic rings. The molecule has 1 N–H and O–H groups in total. The summed E-state index contributed by atoms with van der Waals surface area (Å²) >= 11 is 0. The first-order valence-electron chi connectivity index (χ1n) is 8.40. The summed E-state index contributed by atoms with van der Waals surface area (Å²) in [6.07, 6.45) is 3.27. The van der Waals surface area contributed by atoms with Crippen molar-refractivity contribution in [2.75, 3.05) is 20.2 Å². The predicted molar refractivity (Wildman–Crippen MR) is 92.3 cm³/mol. The Morgan fingerprint density at radius 3 is 2.60 bits per heavy atom. The number of nitrogens with one attached hydrogen (secondary N) is 1. The van der Waals surface area contributed by atoms with E-state index in [0.717, 1.165) is 31.5 Å². The maximum absolute atomic E-state index is 12.2. The van der Waals surface area contributed by atoms with E-state index in [0.29, 0.717) is 12.1 Å². The average Bonchev–Trinajstić information content (AvgIpc) is 3.11. The van der Waals surface area contributed by atoms with Crippen molar-refractivity contribution < 1.29 is 18.7 Å². The number of benzene rings is 1. The van der Waals surface area contributed by atoms with Gasteiger partial charge in [-0.3, -0.25) is 9.69 Å². The summed E-state index contributed by atoms with van der Waals surface area (Å²) in [6, 6.07) is 11.2. The van der Waals surface area contributed by atoms with Crippen LogP contribution in [0.3, 0.4) is 0 Å². The fraction of sp³-hybridized carbons (Fsp3) is 0.368. The Morgan fingerprint density at radius 1 is 1.20 bits per heavy atom. The summed E-state index contributed by atoms with van der Waals surface area (Å²) in [4.78, 5) is 26.1. The van der Waals surface area contributed by atoms with E-state index >= 15 is 0 Å². The number of hydrogen-bond donors (Lipinski definition) is 1. The molecule has 6 heteroatoms. The minimum Gasteiger partial charge on any atom is -0.463 e. The number of piperidine rings is 1. The van der Waals surface area contributed by atoms with E-state index < -0.39 is 5.97 Å². The summed E-state index contributed by atoms with van der Waals surface area (Å²) in [6.45, 7) is 2.34. The molecule has 0 atom stereocenters. The number of hydrogen-bond acceptors (Lipinski definition) is 5. The predicted octanol–water partition coefficient (Wildman–Crippen LogP) is 2.46. The van der Waals surface area contributed by atoms with Crippen LogP contribution in [0.1, 0.15) is 39.3 Å². The highest BCUT2D eigenvalue weighted by molar-refractivity contribution is 5.94. The molecule has 1 aromatic carbocycles. The van der Waals surface area contributed by atoms with Crippen molar-refractivity contribution in [3.63, 3.8) is 0 Å². The Morgan fingerprint density at radius 2 is 1.92 bits per heavy atom. The summed E-state index contributed by atoms with van der Waals surface area (Å²) in [5.41, 5.74) is 1.52. The molecular formula is C19H22N2O4. The molecule has 0 saturated carbocycles. The fourth-order valence-electron chi connectivity index (χ4n) is 3.07. The lowest BCUT2D eigenvalue weighted by molar-refractivity contribution is 0.0560. The van der Waals surface area contributed by atoms with E-state index in [1.807, 2.05) is 30.3 Å². The summed E-state index contributed by atoms with van der Waals surface area (Å²) in [7, 11) is 1.34. The van der Waals surface area contributed by atoms with Crippen molar-refractivity contribution in [2.45, 2.75) is 25.4 Å². The lowest BCUT2D eigenvalue weighted by Crippen LogP contribution is -2.44. The molecule has 1 aromatic heterocycles. The van der Waals surface area contributed by atoms with Gasteiger partial charge >= 0.3 is 5.97 Å². The van der Waals surface area contributed by atoms with Crippen molar-refractivity contribution in [1.29, 1.82) is 0 Å². The van der Waals surface area contributed by atoms with Crippen LogP contribution in [0.25, 0.3) is 0 Å². The highest BCUT2D eigenvalue weighted by Crippen LogP contribution is 2.18. The van der Waals surface area contributed by atoms with E-state index in [2.05, 4.69) is 10.2 Å². The third kappa shape index (κ3) is 4.28. The number of ether oxygens (including phenoxy) is 1. The Kier molecular flexibility index (Phi) is 5.50. The SMILES string of the molecule is COC(=O)c1occc1CN1CCC(NC(=O)c2ccccc2)CC1. The molecule has 0 aliphatic carbocycles. The van der Waals surface area contributed by atoms with Gasteiger partial charge in [-0.1, -0.05) is 18.2 Å². The standard InChI is InChI=1S/C19H22N2O4/c1-24-19(23)17-15(9-12-25-17)13-21-10-7-16(8-11-21)20-18(22)14-5-3-2-4-6-14/h2-6,9,12,16H,7-8,10-11,13H2,1H3,(H,20,22). The summed E-state index contributed by atoms with van der Waals surface area (Å²) < 4.78 is 9.95. The van der Waals surface area contributed by atoms with Gasteiger partial charge in [-0.25, -0.2) is 4.79 Å². The quantitative estimate of drug-likeness (QED) is 0.845. The van der Waals surface area contributed by atoms with Crippen LogP contribution in [-0.2, 0) is 11.3 Å². The zero-order valence-electron chi connectivity index (χ0n) is 14.2. The van der Waals surface area contributed by atoms with Crippen LogP contribution in [0.15, 0.2) is 47.1 Å². The second-order valence-electron chi connectivity index (χ2n) is 6.16. The van der Waals surface area contributed by atoms with Crippen molar-refractivity contribution in [2.24, 2.45) is 0 Å². The molecule has 132 valence electrons. The average molecular weight is 342 g/mol. The van der Waals surface area contributed by atoms with E-state index in [9.17, 15) is 9.59 Å². The Bertz CT molecular complexity index is 718. The van der Waals surface area contributed by atoms with Gasteiger partial charge in [0.05, 0.1) is 13.4 Å². The van der Waals surface area contributed by atoms with E-state index in [4.69, 9.17) is 9.15 Å². The molecule has 1 aliphatic heterocycles. The fourth-order valence-corrected chi connectivity index (χ4v) is 3.07. The number of carbonyl (C=O) groups is 2. The normalized spacial score (nSPS) is 15.7. The number of furan rings is 1. The summed E-state index contributed by atoms with van der Waals surface area (Å²) in [5, 5.41) is 3.10. The van der Waals surface area contributed by atoms with Gasteiger partial charge in [-0.15, -0.1) is 0 Å². The largest absolute Gasteiger partial charge is 0.463 e. The molecular weight excluding hydrogens is 320 g/mol. The van der Waals surface area contributed by atoms with Crippen LogP contribution in [0.5, 0.6) is 0 Å². The minimum atomic E-state index is -0.454. The smallest absolute Gasteiger partial charge is 0.374 e. The number of methoxy groups -OCH3 is 1. The maximum Gasteiger partial charge on any atom is 0.374 e. The van der Waals surface area contributed by atoms with Crippen LogP contribution < -0.4 is 5.32 Å². The van der Waals surface area contributed by atoms with E-state index in [1.54, 1.807) is 6.07 Å². The van der Waals surface area contributed by atoms with Crippen LogP contribution in [0.2, 0.25) is 0 Å². The van der Waals surface area contributed by atoms with Crippen LogP contribution in [-0.4, -0.2) is 43.0 Å². The zero-order valence-corrected chi connectivity index (χ0v) is 14.2. The van der Waals surface area contributed by atoms with E-state index in [1.165, 1.54) is 13.4 Å². The first kappa shape index (κ1) is 17.2. The number of amides is 1. The molecule has 3 rings (SSSR count). The zero-order chi connectivity index (χ0) is 17.6. The van der Waals surface area contributed by atoms with Crippen LogP contribution in [0.4, 0.5) is 0 Å². The van der Waals surface area contributed by atoms with Crippen molar-refractivity contribution in [1.82, 2.24) is 10.2 Å². The third-order valence-electron chi connectivity index (χ3n) is 4.47. The second kappa shape index (κ2) is 7.98. The highest BCUT2D eigenvalue weighted by atomic mass is 16.5. The first-order valence-corrected chi connectivity index (χ1v) is 8.40. The van der Waals surface area contributed by atoms with Crippen molar-refractivity contribution >= 4 is 11.9 Å². The van der Waals surface area contributed by atoms with Gasteiger partial charge in [0.1, 0.15) is 0 Å². The van der Waals surface area contributed by atoms with Gasteiger partial charge in [0.25, 0.3) is 5.91 Å². The van der Waals surface area contributed by atoms with E-state index in [-0.39, 0.29) is 17.7 Å². The molecule has 0 bridgehead atoms. The summed E-state index contributed by atoms with van der Waals surface area (Å²) in [5.74, 6) is -0.214. The lowest BCUT2D eigenvalue weighted by Gasteiger charge is -2.32. The molecule has 2 heterocycles. The second-order valence-corrected chi connectivity index (χ2v) is 6.16.